The molecule has 1 heterocycles. The molecule has 2 aromatic rings. The first kappa shape index (κ1) is 21.3. The van der Waals surface area contributed by atoms with E-state index in [0.717, 1.165) is 12.1 Å². The monoisotopic (exact) mass is 426 g/mol. The average molecular weight is 427 g/mol. The number of nitrogens with two attached hydrogens (primary N) is 1. The fourth-order valence-corrected chi connectivity index (χ4v) is 2.98. The summed E-state index contributed by atoms with van der Waals surface area (Å²) in [6, 6.07) is 4.84. The van der Waals surface area contributed by atoms with Gasteiger partial charge < -0.3 is 5.73 Å². The summed E-state index contributed by atoms with van der Waals surface area (Å²) in [6.45, 7) is 3.25. The van der Waals surface area contributed by atoms with Gasteiger partial charge in [-0.05, 0) is 26.0 Å². The molecule has 0 unspecified atom stereocenters. The SMILES string of the molecule is Cc1nn(-c2c(Cl)cc(C(F)(F)F)cc2Cl)c(C)c1C=NC(C#N)=C(N)C#N. The lowest BCUT2D eigenvalue weighted by Crippen LogP contribution is -2.08. The maximum Gasteiger partial charge on any atom is 0.416 e. The highest BCUT2D eigenvalue weighted by Gasteiger charge is 2.32. The quantitative estimate of drug-likeness (QED) is 0.577. The van der Waals surface area contributed by atoms with Gasteiger partial charge in [-0.15, -0.1) is 0 Å². The smallest absolute Gasteiger partial charge is 0.388 e. The molecular weight excluding hydrogens is 416 g/mol. The van der Waals surface area contributed by atoms with E-state index in [1.165, 1.54) is 10.9 Å². The number of hydrogen-bond acceptors (Lipinski definition) is 5. The lowest BCUT2D eigenvalue weighted by atomic mass is 10.2. The van der Waals surface area contributed by atoms with E-state index in [1.807, 2.05) is 0 Å². The van der Waals surface area contributed by atoms with Crippen molar-refractivity contribution in [2.24, 2.45) is 10.7 Å². The third kappa shape index (κ3) is 4.11. The molecule has 28 heavy (non-hydrogen) atoms. The molecule has 0 atom stereocenters. The predicted molar refractivity (Wildman–Crippen MR) is 98.1 cm³/mol. The highest BCUT2D eigenvalue weighted by molar-refractivity contribution is 6.37. The molecule has 0 aliphatic rings. The molecule has 2 N–H and O–H groups in total. The van der Waals surface area contributed by atoms with Crippen molar-refractivity contribution < 1.29 is 13.2 Å². The van der Waals surface area contributed by atoms with Crippen molar-refractivity contribution in [2.75, 3.05) is 0 Å². The van der Waals surface area contributed by atoms with Gasteiger partial charge in [-0.1, -0.05) is 23.2 Å². The van der Waals surface area contributed by atoms with E-state index in [0.29, 0.717) is 17.0 Å². The summed E-state index contributed by atoms with van der Waals surface area (Å²) in [7, 11) is 0. The lowest BCUT2D eigenvalue weighted by molar-refractivity contribution is -0.137. The van der Waals surface area contributed by atoms with Crippen molar-refractivity contribution in [3.63, 3.8) is 0 Å². The van der Waals surface area contributed by atoms with Crippen molar-refractivity contribution in [3.8, 4) is 17.8 Å². The summed E-state index contributed by atoms with van der Waals surface area (Å²) in [6.07, 6.45) is -3.32. The molecule has 0 radical (unpaired) electrons. The zero-order valence-electron chi connectivity index (χ0n) is 14.4. The van der Waals surface area contributed by atoms with Gasteiger partial charge in [0.15, 0.2) is 5.70 Å². The molecule has 2 rings (SSSR count). The maximum absolute atomic E-state index is 12.9. The van der Waals surface area contributed by atoms with Crippen LogP contribution in [0.25, 0.3) is 5.69 Å². The van der Waals surface area contributed by atoms with Crippen LogP contribution >= 0.6 is 23.2 Å². The minimum absolute atomic E-state index is 0.0733. The topological polar surface area (TPSA) is 104 Å². The lowest BCUT2D eigenvalue weighted by Gasteiger charge is -2.13. The third-order valence-electron chi connectivity index (χ3n) is 3.71. The minimum atomic E-state index is -4.60. The van der Waals surface area contributed by atoms with Gasteiger partial charge in [-0.3, -0.25) is 0 Å². The van der Waals surface area contributed by atoms with Gasteiger partial charge in [-0.25, -0.2) is 9.67 Å². The Morgan fingerprint density at radius 1 is 1.21 bits per heavy atom. The fourth-order valence-electron chi connectivity index (χ4n) is 2.33. The Morgan fingerprint density at radius 3 is 2.25 bits per heavy atom. The van der Waals surface area contributed by atoms with Crippen molar-refractivity contribution in [2.45, 2.75) is 20.0 Å². The first-order chi connectivity index (χ1) is 13.0. The largest absolute Gasteiger partial charge is 0.416 e. The van der Waals surface area contributed by atoms with Gasteiger partial charge in [0.2, 0.25) is 0 Å². The van der Waals surface area contributed by atoms with Gasteiger partial charge in [0.1, 0.15) is 23.5 Å². The number of alkyl halides is 3. The summed E-state index contributed by atoms with van der Waals surface area (Å²) >= 11 is 12.1. The Kier molecular flexibility index (Phi) is 6.03. The van der Waals surface area contributed by atoms with Crippen LogP contribution in [0.15, 0.2) is 28.5 Å². The fraction of sp³-hybridized carbons (Fsp3) is 0.176. The number of rotatable bonds is 3. The Bertz CT molecular complexity index is 1060. The molecule has 0 saturated carbocycles. The van der Waals surface area contributed by atoms with Crippen molar-refractivity contribution in [1.82, 2.24) is 9.78 Å². The van der Waals surface area contributed by atoms with E-state index in [-0.39, 0.29) is 27.1 Å². The Hall–Kier alpha value is -3.01. The number of benzene rings is 1. The summed E-state index contributed by atoms with van der Waals surface area (Å²) in [5, 5.41) is 21.5. The second-order valence-corrected chi connectivity index (χ2v) is 6.34. The molecule has 6 nitrogen and oxygen atoms in total. The van der Waals surface area contributed by atoms with E-state index in [4.69, 9.17) is 39.5 Å². The van der Waals surface area contributed by atoms with Crippen molar-refractivity contribution in [3.05, 3.63) is 56.1 Å². The minimum Gasteiger partial charge on any atom is -0.388 e. The van der Waals surface area contributed by atoms with Gasteiger partial charge in [-0.2, -0.15) is 28.8 Å². The zero-order valence-corrected chi connectivity index (χ0v) is 15.9. The van der Waals surface area contributed by atoms with Crippen LogP contribution in [0, 0.1) is 36.5 Å². The first-order valence-corrected chi connectivity index (χ1v) is 8.23. The predicted octanol–water partition coefficient (Wildman–Crippen LogP) is 4.45. The Labute approximate surface area is 167 Å². The molecular formula is C17H11Cl2F3N6. The second kappa shape index (κ2) is 7.93. The summed E-state index contributed by atoms with van der Waals surface area (Å²) in [5.41, 5.74) is 5.22. The summed E-state index contributed by atoms with van der Waals surface area (Å²) < 4.78 is 40.0. The van der Waals surface area contributed by atoms with Crippen LogP contribution in [-0.2, 0) is 6.18 Å². The van der Waals surface area contributed by atoms with Crippen LogP contribution in [0.3, 0.4) is 0 Å². The van der Waals surface area contributed by atoms with E-state index in [9.17, 15) is 13.2 Å². The molecule has 144 valence electrons. The van der Waals surface area contributed by atoms with E-state index in [2.05, 4.69) is 10.1 Å². The van der Waals surface area contributed by atoms with Crippen LogP contribution < -0.4 is 5.73 Å². The Balaban J connectivity index is 2.60. The van der Waals surface area contributed by atoms with Crippen LogP contribution in [0.1, 0.15) is 22.5 Å². The van der Waals surface area contributed by atoms with Gasteiger partial charge in [0.05, 0.1) is 27.0 Å². The van der Waals surface area contributed by atoms with E-state index in [1.54, 1.807) is 26.0 Å². The molecule has 0 aliphatic carbocycles. The summed E-state index contributed by atoms with van der Waals surface area (Å²) in [5.74, 6) is 0. The molecule has 0 bridgehead atoms. The second-order valence-electron chi connectivity index (χ2n) is 5.53. The number of allylic oxidation sites excluding steroid dienone is 2. The molecule has 0 saturated heterocycles. The maximum atomic E-state index is 12.9. The number of nitriles is 2. The zero-order chi connectivity index (χ0) is 21.2. The molecule has 0 aliphatic heterocycles. The molecule has 1 aromatic heterocycles. The van der Waals surface area contributed by atoms with Gasteiger partial charge >= 0.3 is 6.18 Å². The Morgan fingerprint density at radius 2 is 1.79 bits per heavy atom. The molecule has 1 aromatic carbocycles. The van der Waals surface area contributed by atoms with Crippen LogP contribution in [0.2, 0.25) is 10.0 Å². The number of aliphatic imine (C=N–C) groups is 1. The third-order valence-corrected chi connectivity index (χ3v) is 4.28. The number of aromatic nitrogens is 2. The standard InChI is InChI=1S/C17H11Cl2F3N6/c1-8-11(7-26-15(6-24)14(25)5-23)9(2)28(27-8)16-12(18)3-10(4-13(16)19)17(20,21)22/h3-4,7H,25H2,1-2H3. The van der Waals surface area contributed by atoms with Gasteiger partial charge in [0, 0.05) is 11.8 Å². The van der Waals surface area contributed by atoms with E-state index < -0.39 is 11.7 Å². The molecule has 11 heteroatoms. The van der Waals surface area contributed by atoms with Crippen LogP contribution in [0.5, 0.6) is 0 Å². The summed E-state index contributed by atoms with van der Waals surface area (Å²) in [4.78, 5) is 3.88. The number of nitrogens with zero attached hydrogens (tertiary/aromatic N) is 5. The first-order valence-electron chi connectivity index (χ1n) is 7.48. The van der Waals surface area contributed by atoms with Crippen LogP contribution in [-0.4, -0.2) is 16.0 Å². The van der Waals surface area contributed by atoms with Crippen LogP contribution in [0.4, 0.5) is 13.2 Å². The molecule has 0 amide bonds. The van der Waals surface area contributed by atoms with Crippen molar-refractivity contribution >= 4 is 29.4 Å². The number of aryl methyl sites for hydroxylation is 1. The van der Waals surface area contributed by atoms with Crippen molar-refractivity contribution in [1.29, 1.82) is 10.5 Å². The number of hydrogen-bond donors (Lipinski definition) is 1. The number of halogens is 5. The normalized spacial score (nSPS) is 12.6. The van der Waals surface area contributed by atoms with E-state index >= 15 is 0 Å². The average Bonchev–Trinajstić information content (AvgIpc) is 2.88. The molecule has 0 spiro atoms. The molecule has 0 fully saturated rings. The highest BCUT2D eigenvalue weighted by atomic mass is 35.5. The van der Waals surface area contributed by atoms with Gasteiger partial charge in [0.25, 0.3) is 0 Å². The highest BCUT2D eigenvalue weighted by Crippen LogP contribution is 2.38.